The maximum absolute atomic E-state index is 4.01. The van der Waals surface area contributed by atoms with Gasteiger partial charge in [-0.05, 0) is 17.1 Å². The van der Waals surface area contributed by atoms with Gasteiger partial charge in [0.25, 0.3) is 0 Å². The van der Waals surface area contributed by atoms with Crippen LogP contribution in [0, 0.1) is 0 Å². The van der Waals surface area contributed by atoms with Crippen LogP contribution in [0.3, 0.4) is 0 Å². The molecule has 0 fully saturated rings. The van der Waals surface area contributed by atoms with Crippen molar-refractivity contribution in [1.82, 2.24) is 0 Å². The third-order valence-electron chi connectivity index (χ3n) is 2.55. The second kappa shape index (κ2) is 6.39. The lowest BCUT2D eigenvalue weighted by Gasteiger charge is -2.35. The Bertz CT molecular complexity index is 341. The van der Waals surface area contributed by atoms with Crippen molar-refractivity contribution in [1.29, 1.82) is 0 Å². The Balaban J connectivity index is 2.88. The Labute approximate surface area is 101 Å². The molecule has 0 N–H and O–H groups in total. The van der Waals surface area contributed by atoms with Crippen LogP contribution >= 0.6 is 10.0 Å². The van der Waals surface area contributed by atoms with Gasteiger partial charge in [0.2, 0.25) is 0 Å². The van der Waals surface area contributed by atoms with Gasteiger partial charge in [0.15, 0.2) is 0 Å². The third kappa shape index (κ3) is 3.42. The Hall–Kier alpha value is -1.21. The van der Waals surface area contributed by atoms with E-state index in [-0.39, 0.29) is 0 Å². The van der Waals surface area contributed by atoms with Crippen molar-refractivity contribution in [3.63, 3.8) is 0 Å². The Morgan fingerprint density at radius 1 is 0.938 bits per heavy atom. The van der Waals surface area contributed by atoms with Crippen LogP contribution in [0.4, 0.5) is 0 Å². The van der Waals surface area contributed by atoms with Crippen LogP contribution in [-0.4, -0.2) is 11.5 Å². The van der Waals surface area contributed by atoms with Crippen molar-refractivity contribution in [3.05, 3.63) is 73.2 Å². The molecule has 0 unspecified atom stereocenters. The van der Waals surface area contributed by atoms with Crippen LogP contribution in [0.1, 0.15) is 5.56 Å². The molecule has 0 amide bonds. The van der Waals surface area contributed by atoms with Gasteiger partial charge in [-0.3, -0.25) is 0 Å². The molecule has 16 heavy (non-hydrogen) atoms. The largest absolute Gasteiger partial charge is 0.210 e. The monoisotopic (exact) mass is 232 g/mol. The number of rotatable bonds is 7. The van der Waals surface area contributed by atoms with E-state index in [0.717, 1.165) is 17.3 Å². The lowest BCUT2D eigenvalue weighted by atomic mass is 10.2. The molecular weight excluding hydrogens is 212 g/mol. The number of hydrogen-bond acceptors (Lipinski definition) is 0. The summed E-state index contributed by atoms with van der Waals surface area (Å²) in [6.07, 6.45) is 4.01. The summed E-state index contributed by atoms with van der Waals surface area (Å²) in [5.41, 5.74) is 1.38. The molecule has 0 nitrogen and oxygen atoms in total. The Morgan fingerprint density at radius 3 is 1.94 bits per heavy atom. The summed E-state index contributed by atoms with van der Waals surface area (Å²) in [5.74, 6) is 3.13. The van der Waals surface area contributed by atoms with Crippen molar-refractivity contribution in [3.8, 4) is 0 Å². The first-order valence-corrected chi connectivity index (χ1v) is 7.61. The van der Waals surface area contributed by atoms with Gasteiger partial charge in [-0.15, -0.1) is 13.2 Å². The summed E-state index contributed by atoms with van der Waals surface area (Å²) in [6, 6.07) is 10.6. The standard InChI is InChI=1S/C15H20S/c1-4-12-16(6-3,13-5-2)14-15-10-8-7-9-11-15/h4-11H,1-3,12-14H2. The van der Waals surface area contributed by atoms with E-state index in [1.54, 1.807) is 0 Å². The fourth-order valence-corrected chi connectivity index (χ4v) is 4.31. The van der Waals surface area contributed by atoms with Crippen LogP contribution < -0.4 is 0 Å². The molecule has 0 radical (unpaired) electrons. The Kier molecular flexibility index (Phi) is 5.13. The molecule has 0 aliphatic carbocycles. The van der Waals surface area contributed by atoms with E-state index in [4.69, 9.17) is 0 Å². The van der Waals surface area contributed by atoms with Crippen LogP contribution in [0.25, 0.3) is 0 Å². The average molecular weight is 232 g/mol. The zero-order chi connectivity index (χ0) is 11.9. The van der Waals surface area contributed by atoms with Gasteiger partial charge in [0.1, 0.15) is 0 Å². The summed E-state index contributed by atoms with van der Waals surface area (Å²) in [4.78, 5) is 0. The zero-order valence-corrected chi connectivity index (χ0v) is 10.6. The predicted octanol–water partition coefficient (Wildman–Crippen LogP) is 4.51. The third-order valence-corrected chi connectivity index (χ3v) is 5.96. The predicted molar refractivity (Wildman–Crippen MR) is 78.1 cm³/mol. The van der Waals surface area contributed by atoms with Crippen LogP contribution in [0.2, 0.25) is 0 Å². The first-order valence-electron chi connectivity index (χ1n) is 5.41. The zero-order valence-electron chi connectivity index (χ0n) is 9.77. The van der Waals surface area contributed by atoms with Crippen LogP contribution in [0.15, 0.2) is 67.6 Å². The first-order chi connectivity index (χ1) is 7.76. The quantitative estimate of drug-likeness (QED) is 0.607. The maximum Gasteiger partial charge on any atom is 0.00639 e. The highest BCUT2D eigenvalue weighted by atomic mass is 32.3. The smallest absolute Gasteiger partial charge is 0.00639 e. The van der Waals surface area contributed by atoms with E-state index in [1.807, 2.05) is 12.2 Å². The molecule has 0 heterocycles. The minimum absolute atomic E-state index is 0.860. The van der Waals surface area contributed by atoms with Crippen molar-refractivity contribution < 1.29 is 0 Å². The molecule has 0 aliphatic heterocycles. The summed E-state index contributed by atoms with van der Waals surface area (Å²) in [5, 5.41) is 2.13. The van der Waals surface area contributed by atoms with E-state index in [9.17, 15) is 0 Å². The number of benzene rings is 1. The van der Waals surface area contributed by atoms with Crippen molar-refractivity contribution in [2.45, 2.75) is 5.75 Å². The number of hydrogen-bond donors (Lipinski definition) is 0. The van der Waals surface area contributed by atoms with Gasteiger partial charge in [-0.2, -0.15) is 0 Å². The van der Waals surface area contributed by atoms with Gasteiger partial charge < -0.3 is 0 Å². The maximum atomic E-state index is 4.01. The molecule has 0 spiro atoms. The molecule has 0 aromatic heterocycles. The second-order valence-electron chi connectivity index (χ2n) is 3.82. The van der Waals surface area contributed by atoms with E-state index in [0.29, 0.717) is 0 Å². The molecule has 0 aliphatic rings. The van der Waals surface area contributed by atoms with Gasteiger partial charge in [0, 0.05) is 5.75 Å². The topological polar surface area (TPSA) is 0 Å². The summed E-state index contributed by atoms with van der Waals surface area (Å²) in [7, 11) is -0.860. The van der Waals surface area contributed by atoms with Crippen molar-refractivity contribution in [2.75, 3.05) is 11.5 Å². The van der Waals surface area contributed by atoms with Gasteiger partial charge in [0.05, 0.1) is 0 Å². The van der Waals surface area contributed by atoms with Crippen molar-refractivity contribution >= 4 is 10.0 Å². The molecule has 0 atom stereocenters. The van der Waals surface area contributed by atoms with Crippen molar-refractivity contribution in [2.24, 2.45) is 0 Å². The fourth-order valence-electron chi connectivity index (χ4n) is 1.76. The Morgan fingerprint density at radius 2 is 1.50 bits per heavy atom. The fraction of sp³-hybridized carbons (Fsp3) is 0.200. The van der Waals surface area contributed by atoms with Gasteiger partial charge in [-0.25, -0.2) is 10.0 Å². The van der Waals surface area contributed by atoms with Crippen LogP contribution in [-0.2, 0) is 5.75 Å². The summed E-state index contributed by atoms with van der Waals surface area (Å²) in [6.45, 7) is 11.7. The highest BCUT2D eigenvalue weighted by Gasteiger charge is 2.17. The van der Waals surface area contributed by atoms with E-state index >= 15 is 0 Å². The minimum atomic E-state index is -0.860. The van der Waals surface area contributed by atoms with E-state index in [1.165, 1.54) is 5.56 Å². The molecule has 0 bridgehead atoms. The van der Waals surface area contributed by atoms with Gasteiger partial charge in [-0.1, -0.05) is 54.5 Å². The van der Waals surface area contributed by atoms with E-state index < -0.39 is 10.0 Å². The summed E-state index contributed by atoms with van der Waals surface area (Å²) < 4.78 is 0. The molecule has 0 saturated carbocycles. The molecule has 1 aromatic carbocycles. The molecule has 0 saturated heterocycles. The first kappa shape index (κ1) is 12.9. The normalized spacial score (nSPS) is 11.8. The second-order valence-corrected chi connectivity index (χ2v) is 7.33. The lowest BCUT2D eigenvalue weighted by molar-refractivity contribution is 1.37. The summed E-state index contributed by atoms with van der Waals surface area (Å²) >= 11 is 0. The molecule has 1 heteroatoms. The molecular formula is C15H20S. The SMILES string of the molecule is C=CCS(C=C)(CC=C)Cc1ccccc1. The van der Waals surface area contributed by atoms with E-state index in [2.05, 4.69) is 55.5 Å². The highest BCUT2D eigenvalue weighted by molar-refractivity contribution is 8.35. The minimum Gasteiger partial charge on any atom is -0.210 e. The average Bonchev–Trinajstić information content (AvgIpc) is 2.31. The van der Waals surface area contributed by atoms with Crippen LogP contribution in [0.5, 0.6) is 0 Å². The highest BCUT2D eigenvalue weighted by Crippen LogP contribution is 2.52. The van der Waals surface area contributed by atoms with Gasteiger partial charge >= 0.3 is 0 Å². The molecule has 1 aromatic rings. The lowest BCUT2D eigenvalue weighted by Crippen LogP contribution is -2.07. The molecule has 86 valence electrons. The molecule has 1 rings (SSSR count).